The number of carbonyl (C=O) groups excluding carboxylic acids is 2. The molecule has 2 aromatic carbocycles. The summed E-state index contributed by atoms with van der Waals surface area (Å²) in [5.74, 6) is -2.17. The lowest BCUT2D eigenvalue weighted by Gasteiger charge is -2.13. The highest BCUT2D eigenvalue weighted by Crippen LogP contribution is 2.29. The number of alkyl halides is 3. The first-order valence-electron chi connectivity index (χ1n) is 6.49. The van der Waals surface area contributed by atoms with Gasteiger partial charge in [0, 0.05) is 16.8 Å². The molecule has 0 fully saturated rings. The maximum Gasteiger partial charge on any atom is 0.416 e. The van der Waals surface area contributed by atoms with Crippen molar-refractivity contribution in [2.75, 3.05) is 5.32 Å². The molecule has 4 nitrogen and oxygen atoms in total. The van der Waals surface area contributed by atoms with Gasteiger partial charge in [-0.2, -0.15) is 13.2 Å². The Kier molecular flexibility index (Phi) is 4.40. The van der Waals surface area contributed by atoms with Gasteiger partial charge in [-0.1, -0.05) is 18.2 Å². The highest BCUT2D eigenvalue weighted by Gasteiger charge is 2.30. The second kappa shape index (κ2) is 6.12. The second-order valence-electron chi connectivity index (χ2n) is 4.80. The molecule has 1 N–H and O–H groups in total. The molecular formula is C16H11F3NO3-. The van der Waals surface area contributed by atoms with Gasteiger partial charge < -0.3 is 15.2 Å². The maximum atomic E-state index is 12.7. The van der Waals surface area contributed by atoms with Crippen LogP contribution in [0.3, 0.4) is 0 Å². The van der Waals surface area contributed by atoms with Crippen LogP contribution in [-0.4, -0.2) is 11.9 Å². The standard InChI is InChI=1S/C16H12F3NO3/c1-9-12(15(22)23)6-3-7-13(9)20-14(21)10-4-2-5-11(8-10)16(17,18)19/h2-8H,1H3,(H,20,21)(H,22,23)/p-1. The minimum Gasteiger partial charge on any atom is -0.545 e. The first kappa shape index (κ1) is 16.5. The average molecular weight is 322 g/mol. The largest absolute Gasteiger partial charge is 0.545 e. The molecule has 120 valence electrons. The molecule has 0 radical (unpaired) electrons. The van der Waals surface area contributed by atoms with E-state index in [1.165, 1.54) is 31.2 Å². The van der Waals surface area contributed by atoms with Crippen LogP contribution >= 0.6 is 0 Å². The van der Waals surface area contributed by atoms with Gasteiger partial charge in [0.05, 0.1) is 11.5 Å². The number of hydrogen-bond donors (Lipinski definition) is 1. The SMILES string of the molecule is Cc1c(NC(=O)c2cccc(C(F)(F)F)c2)cccc1C(=O)[O-]. The van der Waals surface area contributed by atoms with Crippen LogP contribution in [0.4, 0.5) is 18.9 Å². The number of hydrogen-bond acceptors (Lipinski definition) is 3. The summed E-state index contributed by atoms with van der Waals surface area (Å²) in [6.45, 7) is 1.47. The van der Waals surface area contributed by atoms with Gasteiger partial charge in [0.15, 0.2) is 0 Å². The molecule has 0 aromatic heterocycles. The number of halogens is 3. The van der Waals surface area contributed by atoms with Crippen molar-refractivity contribution in [3.05, 3.63) is 64.7 Å². The van der Waals surface area contributed by atoms with Crippen molar-refractivity contribution in [3.8, 4) is 0 Å². The number of benzene rings is 2. The Hall–Kier alpha value is -2.83. The number of carboxylic acids is 1. The zero-order chi connectivity index (χ0) is 17.2. The number of rotatable bonds is 3. The summed E-state index contributed by atoms with van der Waals surface area (Å²) in [6, 6.07) is 8.12. The number of aromatic carboxylic acids is 1. The van der Waals surface area contributed by atoms with E-state index in [1.54, 1.807) is 0 Å². The van der Waals surface area contributed by atoms with Gasteiger partial charge >= 0.3 is 6.18 Å². The van der Waals surface area contributed by atoms with Crippen LogP contribution < -0.4 is 10.4 Å². The number of nitrogens with one attached hydrogen (secondary N) is 1. The monoisotopic (exact) mass is 322 g/mol. The lowest BCUT2D eigenvalue weighted by Crippen LogP contribution is -2.24. The van der Waals surface area contributed by atoms with Crippen LogP contribution in [0.2, 0.25) is 0 Å². The van der Waals surface area contributed by atoms with Crippen molar-refractivity contribution in [3.63, 3.8) is 0 Å². The molecule has 0 saturated heterocycles. The summed E-state index contributed by atoms with van der Waals surface area (Å²) in [5.41, 5.74) is -0.780. The lowest BCUT2D eigenvalue weighted by molar-refractivity contribution is -0.255. The van der Waals surface area contributed by atoms with Crippen LogP contribution in [0, 0.1) is 6.92 Å². The van der Waals surface area contributed by atoms with Crippen molar-refractivity contribution in [1.29, 1.82) is 0 Å². The van der Waals surface area contributed by atoms with E-state index in [0.717, 1.165) is 18.2 Å². The molecule has 0 bridgehead atoms. The highest BCUT2D eigenvalue weighted by atomic mass is 19.4. The number of carbonyl (C=O) groups is 2. The first-order chi connectivity index (χ1) is 10.7. The van der Waals surface area contributed by atoms with E-state index in [1.807, 2.05) is 0 Å². The molecule has 2 aromatic rings. The molecule has 2 rings (SSSR count). The smallest absolute Gasteiger partial charge is 0.416 e. The third kappa shape index (κ3) is 3.68. The van der Waals surface area contributed by atoms with Gasteiger partial charge in [-0.05, 0) is 36.8 Å². The van der Waals surface area contributed by atoms with E-state index in [-0.39, 0.29) is 22.4 Å². The van der Waals surface area contributed by atoms with E-state index >= 15 is 0 Å². The fourth-order valence-electron chi connectivity index (χ4n) is 2.02. The molecular weight excluding hydrogens is 311 g/mol. The van der Waals surface area contributed by atoms with Crippen molar-refractivity contribution >= 4 is 17.6 Å². The van der Waals surface area contributed by atoms with Gasteiger partial charge in [-0.15, -0.1) is 0 Å². The second-order valence-corrected chi connectivity index (χ2v) is 4.80. The van der Waals surface area contributed by atoms with E-state index in [0.29, 0.717) is 0 Å². The van der Waals surface area contributed by atoms with Crippen LogP contribution in [0.25, 0.3) is 0 Å². The molecule has 1 amide bonds. The highest BCUT2D eigenvalue weighted by molar-refractivity contribution is 6.05. The lowest BCUT2D eigenvalue weighted by atomic mass is 10.1. The van der Waals surface area contributed by atoms with Crippen molar-refractivity contribution in [2.45, 2.75) is 13.1 Å². The third-order valence-electron chi connectivity index (χ3n) is 3.25. The number of carboxylic acid groups (broad SMARTS) is 1. The molecule has 0 spiro atoms. The van der Waals surface area contributed by atoms with E-state index in [4.69, 9.17) is 0 Å². The molecule has 0 heterocycles. The van der Waals surface area contributed by atoms with Crippen LogP contribution in [0.15, 0.2) is 42.5 Å². The summed E-state index contributed by atoms with van der Waals surface area (Å²) >= 11 is 0. The molecule has 7 heteroatoms. The predicted molar refractivity (Wildman–Crippen MR) is 74.9 cm³/mol. The molecule has 23 heavy (non-hydrogen) atoms. The quantitative estimate of drug-likeness (QED) is 0.944. The molecule has 0 aliphatic rings. The van der Waals surface area contributed by atoms with Gasteiger partial charge in [-0.25, -0.2) is 0 Å². The topological polar surface area (TPSA) is 69.2 Å². The fraction of sp³-hybridized carbons (Fsp3) is 0.125. The predicted octanol–water partition coefficient (Wildman–Crippen LogP) is 2.63. The zero-order valence-corrected chi connectivity index (χ0v) is 11.9. The minimum absolute atomic E-state index is 0.105. The Balaban J connectivity index is 2.30. The summed E-state index contributed by atoms with van der Waals surface area (Å²) < 4.78 is 38.0. The van der Waals surface area contributed by atoms with E-state index < -0.39 is 23.6 Å². The first-order valence-corrected chi connectivity index (χ1v) is 6.49. The van der Waals surface area contributed by atoms with Crippen molar-refractivity contribution < 1.29 is 27.9 Å². The van der Waals surface area contributed by atoms with Gasteiger partial charge in [0.2, 0.25) is 0 Å². The summed E-state index contributed by atoms with van der Waals surface area (Å²) in [4.78, 5) is 23.0. The van der Waals surface area contributed by atoms with Crippen LogP contribution in [0.1, 0.15) is 31.8 Å². The van der Waals surface area contributed by atoms with Gasteiger partial charge in [-0.3, -0.25) is 4.79 Å². The average Bonchev–Trinajstić information content (AvgIpc) is 2.48. The molecule has 0 unspecified atom stereocenters. The van der Waals surface area contributed by atoms with Crippen molar-refractivity contribution in [2.24, 2.45) is 0 Å². The molecule has 0 aliphatic carbocycles. The minimum atomic E-state index is -4.55. The Morgan fingerprint density at radius 2 is 1.74 bits per heavy atom. The molecule has 0 saturated carbocycles. The Morgan fingerprint density at radius 3 is 2.35 bits per heavy atom. The fourth-order valence-corrected chi connectivity index (χ4v) is 2.02. The Bertz CT molecular complexity index is 769. The molecule has 0 aliphatic heterocycles. The summed E-state index contributed by atoms with van der Waals surface area (Å²) in [7, 11) is 0. The van der Waals surface area contributed by atoms with Gasteiger partial charge in [0.25, 0.3) is 5.91 Å². The van der Waals surface area contributed by atoms with E-state index in [9.17, 15) is 27.9 Å². The molecule has 0 atom stereocenters. The summed E-state index contributed by atoms with van der Waals surface area (Å²) in [6.07, 6.45) is -4.55. The normalized spacial score (nSPS) is 11.1. The van der Waals surface area contributed by atoms with Gasteiger partial charge in [0.1, 0.15) is 0 Å². The maximum absolute atomic E-state index is 12.7. The van der Waals surface area contributed by atoms with E-state index in [2.05, 4.69) is 5.32 Å². The number of amides is 1. The zero-order valence-electron chi connectivity index (χ0n) is 11.9. The Labute approximate surface area is 129 Å². The Morgan fingerprint density at radius 1 is 1.09 bits per heavy atom. The van der Waals surface area contributed by atoms with Crippen molar-refractivity contribution in [1.82, 2.24) is 0 Å². The van der Waals surface area contributed by atoms with Crippen LogP contribution in [0.5, 0.6) is 0 Å². The third-order valence-corrected chi connectivity index (χ3v) is 3.25. The number of anilines is 1. The summed E-state index contributed by atoms with van der Waals surface area (Å²) in [5, 5.41) is 13.3. The van der Waals surface area contributed by atoms with Crippen LogP contribution in [-0.2, 0) is 6.18 Å².